The first-order chi connectivity index (χ1) is 5.77. The molecule has 2 rings (SSSR count). The van der Waals surface area contributed by atoms with Gasteiger partial charge in [0.25, 0.3) is 0 Å². The Kier molecular flexibility index (Phi) is 2.18. The number of ether oxygens (including phenoxy) is 1. The molecule has 1 saturated heterocycles. The molecule has 12 heavy (non-hydrogen) atoms. The van der Waals surface area contributed by atoms with E-state index < -0.39 is 0 Å². The lowest BCUT2D eigenvalue weighted by atomic mass is 9.80. The zero-order valence-corrected chi connectivity index (χ0v) is 7.58. The lowest BCUT2D eigenvalue weighted by molar-refractivity contribution is -0.148. The van der Waals surface area contributed by atoms with E-state index in [2.05, 4.69) is 0 Å². The molecule has 68 valence electrons. The van der Waals surface area contributed by atoms with Gasteiger partial charge < -0.3 is 4.74 Å². The smallest absolute Gasteiger partial charge is 0.141 e. The van der Waals surface area contributed by atoms with Crippen LogP contribution in [-0.4, -0.2) is 18.0 Å². The van der Waals surface area contributed by atoms with Crippen molar-refractivity contribution in [1.82, 2.24) is 0 Å². The Balaban J connectivity index is 2.06. The molecule has 0 amide bonds. The summed E-state index contributed by atoms with van der Waals surface area (Å²) in [6, 6.07) is 0. The standard InChI is InChI=1S/C10H16O2/c1-7-6-9(11)8-4-2-3-5-10(8)12-7/h7-8,10H,2-6H2,1H3/t7-,8-,10-/m1/s1. The minimum atomic E-state index is 0.164. The molecule has 1 saturated carbocycles. The molecule has 3 atom stereocenters. The molecule has 0 aromatic heterocycles. The Morgan fingerprint density at radius 1 is 1.33 bits per heavy atom. The van der Waals surface area contributed by atoms with Gasteiger partial charge in [-0.25, -0.2) is 0 Å². The number of hydrogen-bond acceptors (Lipinski definition) is 2. The highest BCUT2D eigenvalue weighted by Crippen LogP contribution is 2.33. The topological polar surface area (TPSA) is 26.3 Å². The number of fused-ring (bicyclic) bond motifs is 1. The van der Waals surface area contributed by atoms with Crippen LogP contribution in [0.2, 0.25) is 0 Å². The van der Waals surface area contributed by atoms with Crippen LogP contribution in [0.1, 0.15) is 39.0 Å². The van der Waals surface area contributed by atoms with E-state index in [1.54, 1.807) is 0 Å². The minimum absolute atomic E-state index is 0.164. The number of hydrogen-bond donors (Lipinski definition) is 0. The van der Waals surface area contributed by atoms with E-state index in [9.17, 15) is 4.79 Å². The Labute approximate surface area is 73.3 Å². The summed E-state index contributed by atoms with van der Waals surface area (Å²) >= 11 is 0. The summed E-state index contributed by atoms with van der Waals surface area (Å²) in [6.45, 7) is 2.00. The second kappa shape index (κ2) is 3.17. The van der Waals surface area contributed by atoms with Crippen LogP contribution in [0.5, 0.6) is 0 Å². The zero-order chi connectivity index (χ0) is 8.55. The monoisotopic (exact) mass is 168 g/mol. The molecule has 0 aromatic carbocycles. The molecule has 1 aliphatic carbocycles. The van der Waals surface area contributed by atoms with Crippen molar-refractivity contribution in [3.8, 4) is 0 Å². The fourth-order valence-corrected chi connectivity index (χ4v) is 2.41. The predicted octanol–water partition coefficient (Wildman–Crippen LogP) is 1.92. The highest BCUT2D eigenvalue weighted by atomic mass is 16.5. The second-order valence-corrected chi connectivity index (χ2v) is 4.05. The molecule has 1 heterocycles. The van der Waals surface area contributed by atoms with E-state index in [-0.39, 0.29) is 18.1 Å². The molecule has 0 N–H and O–H groups in total. The number of carbonyl (C=O) groups is 1. The first kappa shape index (κ1) is 8.24. The van der Waals surface area contributed by atoms with E-state index in [0.29, 0.717) is 12.2 Å². The van der Waals surface area contributed by atoms with Gasteiger partial charge >= 0.3 is 0 Å². The van der Waals surface area contributed by atoms with Crippen LogP contribution in [0.15, 0.2) is 0 Å². The highest BCUT2D eigenvalue weighted by Gasteiger charge is 2.36. The molecule has 2 heteroatoms. The van der Waals surface area contributed by atoms with Crippen molar-refractivity contribution in [3.05, 3.63) is 0 Å². The second-order valence-electron chi connectivity index (χ2n) is 4.05. The number of ketones is 1. The van der Waals surface area contributed by atoms with Gasteiger partial charge in [-0.3, -0.25) is 4.79 Å². The molecule has 2 nitrogen and oxygen atoms in total. The van der Waals surface area contributed by atoms with Crippen LogP contribution in [-0.2, 0) is 9.53 Å². The molecule has 0 bridgehead atoms. The first-order valence-electron chi connectivity index (χ1n) is 4.95. The lowest BCUT2D eigenvalue weighted by Gasteiger charge is -2.37. The van der Waals surface area contributed by atoms with Crippen molar-refractivity contribution in [2.24, 2.45) is 5.92 Å². The van der Waals surface area contributed by atoms with Gasteiger partial charge in [-0.1, -0.05) is 12.8 Å². The van der Waals surface area contributed by atoms with E-state index in [1.165, 1.54) is 12.8 Å². The summed E-state index contributed by atoms with van der Waals surface area (Å²) in [5.74, 6) is 0.688. The van der Waals surface area contributed by atoms with Crippen LogP contribution in [0.3, 0.4) is 0 Å². The molecule has 0 aromatic rings. The van der Waals surface area contributed by atoms with E-state index in [0.717, 1.165) is 12.8 Å². The first-order valence-corrected chi connectivity index (χ1v) is 4.95. The summed E-state index contributed by atoms with van der Waals surface area (Å²) in [7, 11) is 0. The SMILES string of the molecule is C[C@@H]1CC(=O)[C@H]2CCCC[C@H]2O1. The fourth-order valence-electron chi connectivity index (χ4n) is 2.41. The summed E-state index contributed by atoms with van der Waals surface area (Å²) in [5, 5.41) is 0. The molecule has 0 spiro atoms. The van der Waals surface area contributed by atoms with E-state index in [1.807, 2.05) is 6.92 Å². The summed E-state index contributed by atoms with van der Waals surface area (Å²) in [5.41, 5.74) is 0. The van der Waals surface area contributed by atoms with Crippen LogP contribution in [0.4, 0.5) is 0 Å². The maximum absolute atomic E-state index is 11.6. The average molecular weight is 168 g/mol. The maximum Gasteiger partial charge on any atom is 0.141 e. The number of Topliss-reactive ketones (excluding diaryl/α,β-unsaturated/α-hetero) is 1. The average Bonchev–Trinajstić information content (AvgIpc) is 2.04. The van der Waals surface area contributed by atoms with Crippen molar-refractivity contribution in [1.29, 1.82) is 0 Å². The van der Waals surface area contributed by atoms with Crippen LogP contribution >= 0.6 is 0 Å². The van der Waals surface area contributed by atoms with Crippen molar-refractivity contribution in [3.63, 3.8) is 0 Å². The van der Waals surface area contributed by atoms with Gasteiger partial charge in [0.2, 0.25) is 0 Å². The van der Waals surface area contributed by atoms with E-state index in [4.69, 9.17) is 4.74 Å². The van der Waals surface area contributed by atoms with Crippen molar-refractivity contribution < 1.29 is 9.53 Å². The van der Waals surface area contributed by atoms with Crippen molar-refractivity contribution in [2.75, 3.05) is 0 Å². The summed E-state index contributed by atoms with van der Waals surface area (Å²) in [6.07, 6.45) is 5.68. The third kappa shape index (κ3) is 1.40. The minimum Gasteiger partial charge on any atom is -0.374 e. The van der Waals surface area contributed by atoms with Gasteiger partial charge in [-0.05, 0) is 19.8 Å². The van der Waals surface area contributed by atoms with Gasteiger partial charge in [0.1, 0.15) is 5.78 Å². The Morgan fingerprint density at radius 2 is 2.08 bits per heavy atom. The Bertz CT molecular complexity index is 188. The van der Waals surface area contributed by atoms with Gasteiger partial charge in [-0.2, -0.15) is 0 Å². The molecule has 0 radical (unpaired) electrons. The molecular weight excluding hydrogens is 152 g/mol. The highest BCUT2D eigenvalue weighted by molar-refractivity contribution is 5.82. The maximum atomic E-state index is 11.6. The molecule has 1 aliphatic heterocycles. The molecule has 0 unspecified atom stereocenters. The fraction of sp³-hybridized carbons (Fsp3) is 0.900. The predicted molar refractivity (Wildman–Crippen MR) is 45.9 cm³/mol. The quantitative estimate of drug-likeness (QED) is 0.552. The summed E-state index contributed by atoms with van der Waals surface area (Å²) in [4.78, 5) is 11.6. The number of carbonyl (C=O) groups excluding carboxylic acids is 1. The Morgan fingerprint density at radius 3 is 2.92 bits per heavy atom. The van der Waals surface area contributed by atoms with Gasteiger partial charge in [-0.15, -0.1) is 0 Å². The van der Waals surface area contributed by atoms with Crippen LogP contribution < -0.4 is 0 Å². The largest absolute Gasteiger partial charge is 0.374 e. The normalized spacial score (nSPS) is 42.4. The third-order valence-corrected chi connectivity index (χ3v) is 3.01. The lowest BCUT2D eigenvalue weighted by Crippen LogP contribution is -2.42. The van der Waals surface area contributed by atoms with Crippen LogP contribution in [0, 0.1) is 5.92 Å². The summed E-state index contributed by atoms with van der Waals surface area (Å²) < 4.78 is 5.74. The van der Waals surface area contributed by atoms with E-state index >= 15 is 0 Å². The van der Waals surface area contributed by atoms with Gasteiger partial charge in [0.05, 0.1) is 12.2 Å². The molecule has 2 aliphatic rings. The van der Waals surface area contributed by atoms with Gasteiger partial charge in [0, 0.05) is 12.3 Å². The van der Waals surface area contributed by atoms with Crippen molar-refractivity contribution >= 4 is 5.78 Å². The van der Waals surface area contributed by atoms with Crippen molar-refractivity contribution in [2.45, 2.75) is 51.2 Å². The van der Waals surface area contributed by atoms with Gasteiger partial charge in [0.15, 0.2) is 0 Å². The molecule has 2 fully saturated rings. The van der Waals surface area contributed by atoms with Crippen LogP contribution in [0.25, 0.3) is 0 Å². The zero-order valence-electron chi connectivity index (χ0n) is 7.58. The third-order valence-electron chi connectivity index (χ3n) is 3.01. The Hall–Kier alpha value is -0.370. The molecular formula is C10H16O2. The number of rotatable bonds is 0.